The minimum atomic E-state index is -0.936. The molecule has 104 valence electrons. The largest absolute Gasteiger partial charge is 0.480 e. The van der Waals surface area contributed by atoms with E-state index in [9.17, 15) is 9.59 Å². The maximum absolute atomic E-state index is 11.8. The first-order valence-electron chi connectivity index (χ1n) is 5.92. The number of likely N-dealkylation sites (N-methyl/N-ethyl adjacent to an activating group) is 1. The van der Waals surface area contributed by atoms with Crippen LogP contribution in [-0.2, 0) is 9.59 Å². The fourth-order valence-corrected chi connectivity index (χ4v) is 2.11. The lowest BCUT2D eigenvalue weighted by molar-refractivity contribution is -0.138. The molecule has 5 nitrogen and oxygen atoms in total. The Morgan fingerprint density at radius 3 is 2.58 bits per heavy atom. The molecule has 2 N–H and O–H groups in total. The van der Waals surface area contributed by atoms with Gasteiger partial charge in [0.05, 0.1) is 13.1 Å². The van der Waals surface area contributed by atoms with Gasteiger partial charge in [0.25, 0.3) is 0 Å². The van der Waals surface area contributed by atoms with Crippen LogP contribution in [0.3, 0.4) is 0 Å². The van der Waals surface area contributed by atoms with Crippen molar-refractivity contribution in [3.05, 3.63) is 28.2 Å². The molecule has 0 bridgehead atoms. The molecule has 1 amide bonds. The predicted molar refractivity (Wildman–Crippen MR) is 77.3 cm³/mol. The standard InChI is InChI=1S/C13H17BrN2O3/c1-3-16(8-13(18)19)7-12(17)15-11-5-4-10(14)6-9(11)2/h4-6H,3,7-8H2,1-2H3,(H,15,17)(H,18,19). The Bertz CT molecular complexity index is 477. The van der Waals surface area contributed by atoms with Crippen molar-refractivity contribution in [1.29, 1.82) is 0 Å². The summed E-state index contributed by atoms with van der Waals surface area (Å²) < 4.78 is 0.948. The van der Waals surface area contributed by atoms with E-state index in [4.69, 9.17) is 5.11 Å². The molecule has 0 unspecified atom stereocenters. The number of aliphatic carboxylic acids is 1. The normalized spacial score (nSPS) is 10.5. The summed E-state index contributed by atoms with van der Waals surface area (Å²) in [4.78, 5) is 24.0. The fourth-order valence-electron chi connectivity index (χ4n) is 1.63. The lowest BCUT2D eigenvalue weighted by atomic mass is 10.2. The van der Waals surface area contributed by atoms with Crippen molar-refractivity contribution in [2.75, 3.05) is 25.0 Å². The number of amides is 1. The number of hydrogen-bond acceptors (Lipinski definition) is 3. The Hall–Kier alpha value is -1.40. The van der Waals surface area contributed by atoms with Crippen LogP contribution in [0.2, 0.25) is 0 Å². The number of benzene rings is 1. The molecule has 0 aliphatic heterocycles. The second kappa shape index (κ2) is 7.25. The molecule has 1 rings (SSSR count). The highest BCUT2D eigenvalue weighted by Crippen LogP contribution is 2.19. The molecule has 1 aromatic carbocycles. The summed E-state index contributed by atoms with van der Waals surface area (Å²) in [6.45, 7) is 4.16. The number of rotatable bonds is 6. The summed E-state index contributed by atoms with van der Waals surface area (Å²) in [5.74, 6) is -1.15. The summed E-state index contributed by atoms with van der Waals surface area (Å²) in [5, 5.41) is 11.5. The minimum absolute atomic E-state index is 0.0678. The van der Waals surface area contributed by atoms with Gasteiger partial charge in [-0.25, -0.2) is 0 Å². The van der Waals surface area contributed by atoms with Gasteiger partial charge in [-0.1, -0.05) is 22.9 Å². The lowest BCUT2D eigenvalue weighted by Gasteiger charge is -2.17. The van der Waals surface area contributed by atoms with Crippen LogP contribution in [-0.4, -0.2) is 41.5 Å². The lowest BCUT2D eigenvalue weighted by Crippen LogP contribution is -2.36. The quantitative estimate of drug-likeness (QED) is 0.839. The molecule has 0 spiro atoms. The van der Waals surface area contributed by atoms with E-state index in [0.717, 1.165) is 15.7 Å². The molecule has 0 radical (unpaired) electrons. The molecule has 0 heterocycles. The van der Waals surface area contributed by atoms with Gasteiger partial charge in [0.2, 0.25) is 5.91 Å². The van der Waals surface area contributed by atoms with E-state index in [2.05, 4.69) is 21.2 Å². The number of halogens is 1. The first kappa shape index (κ1) is 15.7. The number of carbonyl (C=O) groups is 2. The van der Waals surface area contributed by atoms with E-state index in [1.54, 1.807) is 4.90 Å². The van der Waals surface area contributed by atoms with Gasteiger partial charge in [0.1, 0.15) is 0 Å². The molecule has 0 saturated carbocycles. The molecule has 0 saturated heterocycles. The van der Waals surface area contributed by atoms with Gasteiger partial charge < -0.3 is 10.4 Å². The number of hydrogen-bond donors (Lipinski definition) is 2. The van der Waals surface area contributed by atoms with E-state index in [1.807, 2.05) is 32.0 Å². The number of carbonyl (C=O) groups excluding carboxylic acids is 1. The van der Waals surface area contributed by atoms with E-state index in [0.29, 0.717) is 6.54 Å². The van der Waals surface area contributed by atoms with Crippen molar-refractivity contribution in [3.63, 3.8) is 0 Å². The minimum Gasteiger partial charge on any atom is -0.480 e. The summed E-state index contributed by atoms with van der Waals surface area (Å²) in [7, 11) is 0. The number of nitrogens with one attached hydrogen (secondary N) is 1. The van der Waals surface area contributed by atoms with E-state index in [1.165, 1.54) is 0 Å². The van der Waals surface area contributed by atoms with Crippen LogP contribution >= 0.6 is 15.9 Å². The molecule has 0 aliphatic rings. The Balaban J connectivity index is 2.61. The summed E-state index contributed by atoms with van der Waals surface area (Å²) in [5.41, 5.74) is 1.68. The second-order valence-electron chi connectivity index (χ2n) is 4.20. The van der Waals surface area contributed by atoms with Gasteiger partial charge >= 0.3 is 5.97 Å². The third-order valence-electron chi connectivity index (χ3n) is 2.64. The molecule has 0 fully saturated rings. The van der Waals surface area contributed by atoms with Crippen molar-refractivity contribution in [3.8, 4) is 0 Å². The molecule has 0 atom stereocenters. The zero-order valence-corrected chi connectivity index (χ0v) is 12.5. The van der Waals surface area contributed by atoms with Crippen LogP contribution in [0.4, 0.5) is 5.69 Å². The highest BCUT2D eigenvalue weighted by atomic mass is 79.9. The predicted octanol–water partition coefficient (Wildman–Crippen LogP) is 2.10. The smallest absolute Gasteiger partial charge is 0.317 e. The number of nitrogens with zero attached hydrogens (tertiary/aromatic N) is 1. The van der Waals surface area contributed by atoms with Gasteiger partial charge in [0.15, 0.2) is 0 Å². The zero-order valence-electron chi connectivity index (χ0n) is 10.9. The maximum Gasteiger partial charge on any atom is 0.317 e. The molecule has 1 aromatic rings. The molecular weight excluding hydrogens is 312 g/mol. The Labute approximate surface area is 120 Å². The fraction of sp³-hybridized carbons (Fsp3) is 0.385. The van der Waals surface area contributed by atoms with Crippen LogP contribution < -0.4 is 5.32 Å². The van der Waals surface area contributed by atoms with E-state index < -0.39 is 5.97 Å². The number of anilines is 1. The van der Waals surface area contributed by atoms with Crippen molar-refractivity contribution in [2.45, 2.75) is 13.8 Å². The average molecular weight is 329 g/mol. The Morgan fingerprint density at radius 1 is 1.37 bits per heavy atom. The number of aryl methyl sites for hydroxylation is 1. The monoisotopic (exact) mass is 328 g/mol. The van der Waals surface area contributed by atoms with Crippen LogP contribution in [0.1, 0.15) is 12.5 Å². The maximum atomic E-state index is 11.8. The van der Waals surface area contributed by atoms with Gasteiger partial charge in [-0.05, 0) is 37.2 Å². The van der Waals surface area contributed by atoms with E-state index in [-0.39, 0.29) is 19.0 Å². The third kappa shape index (κ3) is 5.40. The Morgan fingerprint density at radius 2 is 2.05 bits per heavy atom. The number of carboxylic acids is 1. The summed E-state index contributed by atoms with van der Waals surface area (Å²) in [6.07, 6.45) is 0. The van der Waals surface area contributed by atoms with Crippen LogP contribution in [0.5, 0.6) is 0 Å². The zero-order chi connectivity index (χ0) is 14.4. The molecule has 6 heteroatoms. The summed E-state index contributed by atoms with van der Waals surface area (Å²) in [6, 6.07) is 5.56. The summed E-state index contributed by atoms with van der Waals surface area (Å²) >= 11 is 3.35. The third-order valence-corrected chi connectivity index (χ3v) is 3.13. The molecule has 19 heavy (non-hydrogen) atoms. The highest BCUT2D eigenvalue weighted by molar-refractivity contribution is 9.10. The molecular formula is C13H17BrN2O3. The van der Waals surface area contributed by atoms with Crippen molar-refractivity contribution >= 4 is 33.5 Å². The molecule has 0 aromatic heterocycles. The number of carboxylic acid groups (broad SMARTS) is 1. The average Bonchev–Trinajstić information content (AvgIpc) is 2.31. The van der Waals surface area contributed by atoms with Gasteiger partial charge in [-0.2, -0.15) is 0 Å². The second-order valence-corrected chi connectivity index (χ2v) is 5.12. The topological polar surface area (TPSA) is 69.6 Å². The van der Waals surface area contributed by atoms with E-state index >= 15 is 0 Å². The van der Waals surface area contributed by atoms with Crippen LogP contribution in [0, 0.1) is 6.92 Å². The van der Waals surface area contributed by atoms with Gasteiger partial charge in [0, 0.05) is 10.2 Å². The first-order chi connectivity index (χ1) is 8.92. The van der Waals surface area contributed by atoms with Crippen LogP contribution in [0.25, 0.3) is 0 Å². The SMILES string of the molecule is CCN(CC(=O)O)CC(=O)Nc1ccc(Br)cc1C. The van der Waals surface area contributed by atoms with Crippen molar-refractivity contribution in [1.82, 2.24) is 4.90 Å². The Kier molecular flexibility index (Phi) is 5.98. The van der Waals surface area contributed by atoms with Crippen LogP contribution in [0.15, 0.2) is 22.7 Å². The van der Waals surface area contributed by atoms with Gasteiger partial charge in [-0.3, -0.25) is 14.5 Å². The molecule has 0 aliphatic carbocycles. The van der Waals surface area contributed by atoms with Crippen molar-refractivity contribution in [2.24, 2.45) is 0 Å². The first-order valence-corrected chi connectivity index (χ1v) is 6.71. The highest BCUT2D eigenvalue weighted by Gasteiger charge is 2.13. The van der Waals surface area contributed by atoms with Crippen molar-refractivity contribution < 1.29 is 14.7 Å². The van der Waals surface area contributed by atoms with Gasteiger partial charge in [-0.15, -0.1) is 0 Å².